The molecule has 1 unspecified atom stereocenters. The van der Waals surface area contributed by atoms with E-state index in [9.17, 15) is 9.59 Å². The van der Waals surface area contributed by atoms with Gasteiger partial charge in [0, 0.05) is 22.6 Å². The lowest BCUT2D eigenvalue weighted by molar-refractivity contribution is -0.137. The molecule has 0 aromatic heterocycles. The van der Waals surface area contributed by atoms with Crippen molar-refractivity contribution in [1.29, 1.82) is 0 Å². The predicted molar refractivity (Wildman–Crippen MR) is 86.7 cm³/mol. The number of nitrogens with one attached hydrogen (secondary N) is 2. The van der Waals surface area contributed by atoms with Crippen LogP contribution >= 0.6 is 15.9 Å². The van der Waals surface area contributed by atoms with Crippen LogP contribution in [-0.4, -0.2) is 23.1 Å². The molecule has 3 N–H and O–H groups in total. The van der Waals surface area contributed by atoms with Gasteiger partial charge in [0.2, 0.25) is 0 Å². The molecule has 2 amide bonds. The van der Waals surface area contributed by atoms with Crippen molar-refractivity contribution in [3.05, 3.63) is 27.7 Å². The fraction of sp³-hybridized carbons (Fsp3) is 0.467. The van der Waals surface area contributed by atoms with Crippen LogP contribution in [0.15, 0.2) is 16.6 Å². The number of amides is 2. The van der Waals surface area contributed by atoms with Crippen molar-refractivity contribution in [2.24, 2.45) is 0 Å². The Morgan fingerprint density at radius 3 is 2.38 bits per heavy atom. The van der Waals surface area contributed by atoms with Crippen molar-refractivity contribution >= 4 is 33.6 Å². The predicted octanol–water partition coefficient (Wildman–Crippen LogP) is 3.83. The molecule has 0 aliphatic heterocycles. The molecule has 0 saturated carbocycles. The van der Waals surface area contributed by atoms with Crippen LogP contribution in [0.25, 0.3) is 0 Å². The molecule has 1 aromatic carbocycles. The third kappa shape index (κ3) is 6.16. The zero-order valence-electron chi connectivity index (χ0n) is 12.5. The molecule has 1 atom stereocenters. The van der Waals surface area contributed by atoms with E-state index in [1.165, 1.54) is 0 Å². The van der Waals surface area contributed by atoms with Gasteiger partial charge in [-0.2, -0.15) is 0 Å². The number of hydrogen-bond acceptors (Lipinski definition) is 2. The Hall–Kier alpha value is -1.56. The topological polar surface area (TPSA) is 78.4 Å². The van der Waals surface area contributed by atoms with Gasteiger partial charge in [-0.15, -0.1) is 0 Å². The van der Waals surface area contributed by atoms with Gasteiger partial charge in [-0.25, -0.2) is 4.79 Å². The average Bonchev–Trinajstić information content (AvgIpc) is 2.35. The van der Waals surface area contributed by atoms with Crippen molar-refractivity contribution in [3.8, 4) is 0 Å². The number of carbonyl (C=O) groups excluding carboxylic acids is 1. The smallest absolute Gasteiger partial charge is 0.319 e. The van der Waals surface area contributed by atoms with E-state index in [0.717, 1.165) is 21.3 Å². The van der Waals surface area contributed by atoms with Crippen molar-refractivity contribution in [2.45, 2.75) is 46.1 Å². The van der Waals surface area contributed by atoms with Crippen LogP contribution < -0.4 is 10.6 Å². The monoisotopic (exact) mass is 356 g/mol. The van der Waals surface area contributed by atoms with Crippen LogP contribution in [0, 0.1) is 13.8 Å². The molecular formula is C15H21BrN2O3. The zero-order valence-corrected chi connectivity index (χ0v) is 14.1. The van der Waals surface area contributed by atoms with Gasteiger partial charge in [-0.3, -0.25) is 4.79 Å². The number of carboxylic acid groups (broad SMARTS) is 1. The summed E-state index contributed by atoms with van der Waals surface area (Å²) in [6, 6.07) is 3.44. The molecule has 21 heavy (non-hydrogen) atoms. The summed E-state index contributed by atoms with van der Waals surface area (Å²) < 4.78 is 1.04. The lowest BCUT2D eigenvalue weighted by Gasteiger charge is -2.15. The molecule has 1 aromatic rings. The van der Waals surface area contributed by atoms with Gasteiger partial charge in [0.05, 0.1) is 0 Å². The van der Waals surface area contributed by atoms with E-state index in [0.29, 0.717) is 12.8 Å². The molecule has 0 aliphatic rings. The fourth-order valence-electron chi connectivity index (χ4n) is 2.04. The summed E-state index contributed by atoms with van der Waals surface area (Å²) in [5.41, 5.74) is 2.85. The number of urea groups is 1. The maximum Gasteiger partial charge on any atom is 0.319 e. The number of anilines is 1. The van der Waals surface area contributed by atoms with E-state index >= 15 is 0 Å². The Bertz CT molecular complexity index is 509. The minimum atomic E-state index is -0.813. The molecule has 0 aliphatic carbocycles. The van der Waals surface area contributed by atoms with Crippen LogP contribution in [-0.2, 0) is 4.79 Å². The Labute approximate surface area is 133 Å². The summed E-state index contributed by atoms with van der Waals surface area (Å²) in [6.45, 7) is 5.79. The lowest BCUT2D eigenvalue weighted by atomic mass is 10.1. The largest absolute Gasteiger partial charge is 0.481 e. The molecule has 116 valence electrons. The molecule has 6 heteroatoms. The lowest BCUT2D eigenvalue weighted by Crippen LogP contribution is -2.36. The van der Waals surface area contributed by atoms with E-state index in [-0.39, 0.29) is 18.5 Å². The fourth-order valence-corrected chi connectivity index (χ4v) is 2.27. The van der Waals surface area contributed by atoms with Crippen LogP contribution in [0.3, 0.4) is 0 Å². The highest BCUT2D eigenvalue weighted by molar-refractivity contribution is 9.10. The standard InChI is InChI=1S/C15H21BrN2O3/c1-9-7-12(8-10(2)14(9)16)18-15(21)17-11(3)5-4-6-13(19)20/h7-8,11H,4-6H2,1-3H3,(H,19,20)(H2,17,18,21). The van der Waals surface area contributed by atoms with Crippen LogP contribution in [0.1, 0.15) is 37.3 Å². The first kappa shape index (κ1) is 17.5. The first-order valence-electron chi connectivity index (χ1n) is 6.85. The third-order valence-electron chi connectivity index (χ3n) is 3.10. The first-order chi connectivity index (χ1) is 9.79. The Morgan fingerprint density at radius 2 is 1.86 bits per heavy atom. The number of carbonyl (C=O) groups is 2. The van der Waals surface area contributed by atoms with E-state index in [1.54, 1.807) is 0 Å². The minimum Gasteiger partial charge on any atom is -0.481 e. The molecule has 1 rings (SSSR count). The summed E-state index contributed by atoms with van der Waals surface area (Å²) in [5, 5.41) is 14.2. The van der Waals surface area contributed by atoms with Gasteiger partial charge < -0.3 is 15.7 Å². The number of hydrogen-bond donors (Lipinski definition) is 3. The number of benzene rings is 1. The van der Waals surface area contributed by atoms with Gasteiger partial charge in [-0.1, -0.05) is 15.9 Å². The van der Waals surface area contributed by atoms with Crippen molar-refractivity contribution in [3.63, 3.8) is 0 Å². The molecular weight excluding hydrogens is 336 g/mol. The molecule has 0 bridgehead atoms. The number of rotatable bonds is 6. The normalized spacial score (nSPS) is 11.8. The highest BCUT2D eigenvalue weighted by Crippen LogP contribution is 2.24. The highest BCUT2D eigenvalue weighted by atomic mass is 79.9. The molecule has 0 heterocycles. The number of halogens is 1. The molecule has 0 spiro atoms. The van der Waals surface area contributed by atoms with Crippen LogP contribution in [0.5, 0.6) is 0 Å². The number of aryl methyl sites for hydroxylation is 2. The summed E-state index contributed by atoms with van der Waals surface area (Å²) in [6.07, 6.45) is 1.31. The number of carboxylic acids is 1. The molecule has 0 fully saturated rings. The second kappa shape index (κ2) is 8.02. The molecule has 0 saturated heterocycles. The zero-order chi connectivity index (χ0) is 16.0. The van der Waals surface area contributed by atoms with Crippen molar-refractivity contribution < 1.29 is 14.7 Å². The Morgan fingerprint density at radius 1 is 1.29 bits per heavy atom. The third-order valence-corrected chi connectivity index (χ3v) is 4.35. The van der Waals surface area contributed by atoms with Gasteiger partial charge in [-0.05, 0) is 56.9 Å². The van der Waals surface area contributed by atoms with E-state index in [1.807, 2.05) is 32.9 Å². The summed E-state index contributed by atoms with van der Waals surface area (Å²) in [7, 11) is 0. The minimum absolute atomic E-state index is 0.0676. The van der Waals surface area contributed by atoms with Crippen molar-refractivity contribution in [2.75, 3.05) is 5.32 Å². The van der Waals surface area contributed by atoms with E-state index in [4.69, 9.17) is 5.11 Å². The van der Waals surface area contributed by atoms with E-state index in [2.05, 4.69) is 26.6 Å². The van der Waals surface area contributed by atoms with Crippen molar-refractivity contribution in [1.82, 2.24) is 5.32 Å². The van der Waals surface area contributed by atoms with Gasteiger partial charge in [0.15, 0.2) is 0 Å². The summed E-state index contributed by atoms with van der Waals surface area (Å²) >= 11 is 3.48. The Kier molecular flexibility index (Phi) is 6.68. The Balaban J connectivity index is 2.48. The SMILES string of the molecule is Cc1cc(NC(=O)NC(C)CCCC(=O)O)cc(C)c1Br. The second-order valence-electron chi connectivity index (χ2n) is 5.21. The van der Waals surface area contributed by atoms with Gasteiger partial charge in [0.25, 0.3) is 0 Å². The average molecular weight is 357 g/mol. The van der Waals surface area contributed by atoms with Crippen LogP contribution in [0.2, 0.25) is 0 Å². The molecule has 0 radical (unpaired) electrons. The highest BCUT2D eigenvalue weighted by Gasteiger charge is 2.09. The summed E-state index contributed by atoms with van der Waals surface area (Å²) in [5.74, 6) is -0.813. The molecule has 5 nitrogen and oxygen atoms in total. The van der Waals surface area contributed by atoms with Gasteiger partial charge in [0.1, 0.15) is 0 Å². The van der Waals surface area contributed by atoms with E-state index < -0.39 is 5.97 Å². The second-order valence-corrected chi connectivity index (χ2v) is 6.00. The quantitative estimate of drug-likeness (QED) is 0.724. The summed E-state index contributed by atoms with van der Waals surface area (Å²) in [4.78, 5) is 22.3. The number of aliphatic carboxylic acids is 1. The maximum atomic E-state index is 11.9. The van der Waals surface area contributed by atoms with Crippen LogP contribution in [0.4, 0.5) is 10.5 Å². The first-order valence-corrected chi connectivity index (χ1v) is 7.65. The van der Waals surface area contributed by atoms with Gasteiger partial charge >= 0.3 is 12.0 Å². The maximum absolute atomic E-state index is 11.9.